The molecule has 0 aliphatic rings. The van der Waals surface area contributed by atoms with E-state index < -0.39 is 0 Å². The molecule has 0 amide bonds. The Kier molecular flexibility index (Phi) is 3.94. The first-order chi connectivity index (χ1) is 8.25. The van der Waals surface area contributed by atoms with E-state index in [-0.39, 0.29) is 5.78 Å². The molecule has 0 N–H and O–H groups in total. The molecule has 0 bridgehead atoms. The van der Waals surface area contributed by atoms with Gasteiger partial charge in [0.1, 0.15) is 5.75 Å². The molecule has 1 aromatic carbocycles. The Balaban J connectivity index is 1.81. The van der Waals surface area contributed by atoms with E-state index in [4.69, 9.17) is 4.74 Å². The number of thiophene rings is 1. The molecule has 0 aliphatic heterocycles. The highest BCUT2D eigenvalue weighted by molar-refractivity contribution is 7.14. The Bertz CT molecular complexity index is 488. The summed E-state index contributed by atoms with van der Waals surface area (Å²) in [4.78, 5) is 13.8. The zero-order valence-electron chi connectivity index (χ0n) is 9.68. The highest BCUT2D eigenvalue weighted by Crippen LogP contribution is 2.17. The summed E-state index contributed by atoms with van der Waals surface area (Å²) in [6, 6.07) is 13.4. The van der Waals surface area contributed by atoms with Crippen LogP contribution >= 0.6 is 11.3 Å². The molecular weight excluding hydrogens is 232 g/mol. The van der Waals surface area contributed by atoms with Crippen molar-refractivity contribution in [3.05, 3.63) is 52.2 Å². The first-order valence-corrected chi connectivity index (χ1v) is 6.35. The van der Waals surface area contributed by atoms with Gasteiger partial charge >= 0.3 is 0 Å². The van der Waals surface area contributed by atoms with Crippen molar-refractivity contribution in [2.24, 2.45) is 0 Å². The molecule has 2 nitrogen and oxygen atoms in total. The van der Waals surface area contributed by atoms with Crippen molar-refractivity contribution in [2.45, 2.75) is 13.3 Å². The molecule has 0 aliphatic carbocycles. The zero-order valence-corrected chi connectivity index (χ0v) is 10.5. The van der Waals surface area contributed by atoms with E-state index >= 15 is 0 Å². The first-order valence-electron chi connectivity index (χ1n) is 5.53. The molecule has 88 valence electrons. The van der Waals surface area contributed by atoms with Crippen LogP contribution in [0.2, 0.25) is 0 Å². The number of carbonyl (C=O) groups excluding carboxylic acids is 1. The van der Waals surface area contributed by atoms with Crippen LogP contribution in [-0.4, -0.2) is 12.4 Å². The second kappa shape index (κ2) is 5.64. The molecule has 0 atom stereocenters. The van der Waals surface area contributed by atoms with E-state index in [0.29, 0.717) is 13.0 Å². The van der Waals surface area contributed by atoms with Crippen LogP contribution in [0.15, 0.2) is 42.5 Å². The standard InChI is InChI=1S/C14H14O2S/c1-11-7-8-14(17-11)13(15)9-10-16-12-5-3-2-4-6-12/h2-8H,9-10H2,1H3. The minimum absolute atomic E-state index is 0.152. The van der Waals surface area contributed by atoms with Crippen LogP contribution in [0.4, 0.5) is 0 Å². The number of carbonyl (C=O) groups is 1. The van der Waals surface area contributed by atoms with E-state index in [0.717, 1.165) is 15.5 Å². The minimum atomic E-state index is 0.152. The normalized spacial score (nSPS) is 10.2. The van der Waals surface area contributed by atoms with Gasteiger partial charge in [0.05, 0.1) is 11.5 Å². The van der Waals surface area contributed by atoms with Gasteiger partial charge in [-0.2, -0.15) is 0 Å². The summed E-state index contributed by atoms with van der Waals surface area (Å²) in [5.74, 6) is 0.960. The number of Topliss-reactive ketones (excluding diaryl/α,β-unsaturated/α-hetero) is 1. The third-order valence-electron chi connectivity index (χ3n) is 2.36. The maximum atomic E-state index is 11.8. The number of rotatable bonds is 5. The maximum absolute atomic E-state index is 11.8. The van der Waals surface area contributed by atoms with Crippen molar-refractivity contribution >= 4 is 17.1 Å². The molecule has 0 saturated heterocycles. The van der Waals surface area contributed by atoms with Crippen LogP contribution in [0.25, 0.3) is 0 Å². The summed E-state index contributed by atoms with van der Waals surface area (Å²) >= 11 is 1.54. The minimum Gasteiger partial charge on any atom is -0.493 e. The first kappa shape index (κ1) is 11.9. The Labute approximate surface area is 105 Å². The average Bonchev–Trinajstić information content (AvgIpc) is 2.77. The molecule has 0 saturated carbocycles. The van der Waals surface area contributed by atoms with E-state index in [1.807, 2.05) is 49.4 Å². The molecule has 0 unspecified atom stereocenters. The van der Waals surface area contributed by atoms with Gasteiger partial charge in [-0.25, -0.2) is 0 Å². The van der Waals surface area contributed by atoms with Crippen molar-refractivity contribution in [1.29, 1.82) is 0 Å². The molecule has 17 heavy (non-hydrogen) atoms. The summed E-state index contributed by atoms with van der Waals surface area (Å²) in [6.07, 6.45) is 0.425. The molecule has 3 heteroatoms. The monoisotopic (exact) mass is 246 g/mol. The van der Waals surface area contributed by atoms with Crippen LogP contribution < -0.4 is 4.74 Å². The van der Waals surface area contributed by atoms with E-state index in [2.05, 4.69) is 0 Å². The topological polar surface area (TPSA) is 26.3 Å². The molecule has 0 spiro atoms. The second-order valence-electron chi connectivity index (χ2n) is 3.74. The largest absolute Gasteiger partial charge is 0.493 e. The van der Waals surface area contributed by atoms with E-state index in [9.17, 15) is 4.79 Å². The quantitative estimate of drug-likeness (QED) is 0.752. The van der Waals surface area contributed by atoms with Crippen molar-refractivity contribution in [3.8, 4) is 5.75 Å². The predicted octanol–water partition coefficient (Wildman–Crippen LogP) is 3.71. The van der Waals surface area contributed by atoms with Gasteiger partial charge in [-0.1, -0.05) is 18.2 Å². The number of hydrogen-bond donors (Lipinski definition) is 0. The third kappa shape index (κ3) is 3.43. The molecule has 2 rings (SSSR count). The molecule has 1 aromatic heterocycles. The summed E-state index contributed by atoms with van der Waals surface area (Å²) in [5.41, 5.74) is 0. The highest BCUT2D eigenvalue weighted by Gasteiger charge is 2.07. The molecule has 0 fully saturated rings. The molecule has 2 aromatic rings. The Morgan fingerprint density at radius 3 is 2.59 bits per heavy atom. The van der Waals surface area contributed by atoms with Gasteiger partial charge in [-0.3, -0.25) is 4.79 Å². The lowest BCUT2D eigenvalue weighted by Crippen LogP contribution is -2.05. The van der Waals surface area contributed by atoms with E-state index in [1.165, 1.54) is 11.3 Å². The van der Waals surface area contributed by atoms with Gasteiger partial charge in [0.15, 0.2) is 5.78 Å². The van der Waals surface area contributed by atoms with Crippen LogP contribution in [0.5, 0.6) is 5.75 Å². The zero-order chi connectivity index (χ0) is 12.1. The Hall–Kier alpha value is -1.61. The van der Waals surface area contributed by atoms with Crippen LogP contribution in [0.1, 0.15) is 21.0 Å². The average molecular weight is 246 g/mol. The predicted molar refractivity (Wildman–Crippen MR) is 69.9 cm³/mol. The fourth-order valence-corrected chi connectivity index (χ4v) is 2.32. The van der Waals surface area contributed by atoms with Gasteiger partial charge in [0.25, 0.3) is 0 Å². The Morgan fingerprint density at radius 2 is 1.94 bits per heavy atom. The van der Waals surface area contributed by atoms with Crippen LogP contribution in [0.3, 0.4) is 0 Å². The summed E-state index contributed by atoms with van der Waals surface area (Å²) in [7, 11) is 0. The fourth-order valence-electron chi connectivity index (χ4n) is 1.49. The smallest absolute Gasteiger partial charge is 0.176 e. The second-order valence-corrected chi connectivity index (χ2v) is 5.03. The molecule has 1 heterocycles. The van der Waals surface area contributed by atoms with Gasteiger partial charge in [0, 0.05) is 11.3 Å². The Morgan fingerprint density at radius 1 is 1.18 bits per heavy atom. The lowest BCUT2D eigenvalue weighted by Gasteiger charge is -2.04. The van der Waals surface area contributed by atoms with Crippen molar-refractivity contribution in [3.63, 3.8) is 0 Å². The lowest BCUT2D eigenvalue weighted by atomic mass is 10.2. The van der Waals surface area contributed by atoms with Crippen molar-refractivity contribution in [1.82, 2.24) is 0 Å². The number of ether oxygens (including phenoxy) is 1. The van der Waals surface area contributed by atoms with Gasteiger partial charge in [-0.05, 0) is 31.2 Å². The molecular formula is C14H14O2S. The van der Waals surface area contributed by atoms with E-state index in [1.54, 1.807) is 0 Å². The fraction of sp³-hybridized carbons (Fsp3) is 0.214. The molecule has 0 radical (unpaired) electrons. The van der Waals surface area contributed by atoms with Gasteiger partial charge in [0.2, 0.25) is 0 Å². The summed E-state index contributed by atoms with van der Waals surface area (Å²) in [5, 5.41) is 0. The number of hydrogen-bond acceptors (Lipinski definition) is 3. The van der Waals surface area contributed by atoms with Crippen molar-refractivity contribution < 1.29 is 9.53 Å². The van der Waals surface area contributed by atoms with Crippen molar-refractivity contribution in [2.75, 3.05) is 6.61 Å². The number of benzene rings is 1. The maximum Gasteiger partial charge on any atom is 0.176 e. The number of para-hydroxylation sites is 1. The third-order valence-corrected chi connectivity index (χ3v) is 3.40. The SMILES string of the molecule is Cc1ccc(C(=O)CCOc2ccccc2)s1. The lowest BCUT2D eigenvalue weighted by molar-refractivity contribution is 0.0966. The highest BCUT2D eigenvalue weighted by atomic mass is 32.1. The van der Waals surface area contributed by atoms with Gasteiger partial charge in [-0.15, -0.1) is 11.3 Å². The summed E-state index contributed by atoms with van der Waals surface area (Å²) in [6.45, 7) is 2.43. The summed E-state index contributed by atoms with van der Waals surface area (Å²) < 4.78 is 5.49. The number of ketones is 1. The number of aryl methyl sites for hydroxylation is 1. The van der Waals surface area contributed by atoms with Crippen LogP contribution in [-0.2, 0) is 0 Å². The van der Waals surface area contributed by atoms with Gasteiger partial charge < -0.3 is 4.74 Å². The van der Waals surface area contributed by atoms with Crippen LogP contribution in [0, 0.1) is 6.92 Å².